The molecule has 3 aromatic heterocycles. The number of aryl methyl sites for hydroxylation is 2. The van der Waals surface area contributed by atoms with E-state index in [0.29, 0.717) is 48.3 Å². The molecule has 30 heavy (non-hydrogen) atoms. The SMILES string of the molecule is Cc1ncc(C(=O)N2CCOC(c3ccc(Nc4ccc(F)cn4)cn3)C2)c(C)n1. The smallest absolute Gasteiger partial charge is 0.257 e. The molecule has 0 bridgehead atoms. The van der Waals surface area contributed by atoms with Gasteiger partial charge in [0.1, 0.15) is 23.6 Å². The molecule has 1 aliphatic heterocycles. The Hall–Kier alpha value is -3.46. The van der Waals surface area contributed by atoms with Crippen molar-refractivity contribution < 1.29 is 13.9 Å². The van der Waals surface area contributed by atoms with Gasteiger partial charge < -0.3 is 15.0 Å². The highest BCUT2D eigenvalue weighted by molar-refractivity contribution is 5.95. The monoisotopic (exact) mass is 408 g/mol. The maximum absolute atomic E-state index is 13.0. The van der Waals surface area contributed by atoms with Gasteiger partial charge in [-0.15, -0.1) is 0 Å². The maximum atomic E-state index is 13.0. The van der Waals surface area contributed by atoms with Gasteiger partial charge >= 0.3 is 0 Å². The summed E-state index contributed by atoms with van der Waals surface area (Å²) >= 11 is 0. The van der Waals surface area contributed by atoms with Crippen LogP contribution in [0.4, 0.5) is 15.9 Å². The molecule has 9 heteroatoms. The lowest BCUT2D eigenvalue weighted by atomic mass is 10.1. The Morgan fingerprint density at radius 3 is 2.70 bits per heavy atom. The zero-order chi connectivity index (χ0) is 21.1. The first kappa shape index (κ1) is 19.8. The summed E-state index contributed by atoms with van der Waals surface area (Å²) in [5.41, 5.74) is 2.61. The molecule has 1 saturated heterocycles. The van der Waals surface area contributed by atoms with Crippen molar-refractivity contribution in [3.8, 4) is 0 Å². The van der Waals surface area contributed by atoms with E-state index in [-0.39, 0.29) is 12.0 Å². The number of aromatic nitrogens is 4. The number of carbonyl (C=O) groups excluding carboxylic acids is 1. The van der Waals surface area contributed by atoms with Crippen LogP contribution >= 0.6 is 0 Å². The Morgan fingerprint density at radius 2 is 2.00 bits per heavy atom. The van der Waals surface area contributed by atoms with Crippen molar-refractivity contribution in [3.63, 3.8) is 0 Å². The van der Waals surface area contributed by atoms with Gasteiger partial charge in [-0.25, -0.2) is 19.3 Å². The molecule has 0 saturated carbocycles. The Bertz CT molecular complexity index is 1040. The number of hydrogen-bond donors (Lipinski definition) is 1. The van der Waals surface area contributed by atoms with Crippen LogP contribution in [0.1, 0.15) is 33.7 Å². The van der Waals surface area contributed by atoms with Crippen molar-refractivity contribution in [2.45, 2.75) is 20.0 Å². The third kappa shape index (κ3) is 4.41. The predicted molar refractivity (Wildman–Crippen MR) is 108 cm³/mol. The van der Waals surface area contributed by atoms with Gasteiger partial charge in [-0.05, 0) is 38.1 Å². The molecule has 1 N–H and O–H groups in total. The zero-order valence-corrected chi connectivity index (χ0v) is 16.7. The quantitative estimate of drug-likeness (QED) is 0.709. The standard InChI is InChI=1S/C21H21FN6O2/c1-13-17(11-23-14(2)26-13)21(29)28-7-8-30-19(12-28)18-5-4-16(10-24-18)27-20-6-3-15(22)9-25-20/h3-6,9-11,19H,7-8,12H2,1-2H3,(H,25,27). The third-order valence-electron chi connectivity index (χ3n) is 4.80. The molecule has 1 fully saturated rings. The Kier molecular flexibility index (Phi) is 5.62. The number of carbonyl (C=O) groups is 1. The minimum Gasteiger partial charge on any atom is -0.368 e. The van der Waals surface area contributed by atoms with Crippen LogP contribution in [-0.4, -0.2) is 50.4 Å². The van der Waals surface area contributed by atoms with Crippen molar-refractivity contribution in [3.05, 3.63) is 71.4 Å². The van der Waals surface area contributed by atoms with E-state index in [1.165, 1.54) is 6.07 Å². The average Bonchev–Trinajstić information content (AvgIpc) is 2.76. The second-order valence-corrected chi connectivity index (χ2v) is 6.99. The Labute approximate surface area is 173 Å². The number of amides is 1. The highest BCUT2D eigenvalue weighted by Gasteiger charge is 2.28. The molecule has 1 aliphatic rings. The van der Waals surface area contributed by atoms with Crippen LogP contribution in [0.15, 0.2) is 42.9 Å². The topological polar surface area (TPSA) is 93.1 Å². The van der Waals surface area contributed by atoms with Gasteiger partial charge in [0, 0.05) is 12.7 Å². The van der Waals surface area contributed by atoms with Crippen LogP contribution in [0.2, 0.25) is 0 Å². The lowest BCUT2D eigenvalue weighted by Gasteiger charge is -2.33. The van der Waals surface area contributed by atoms with Gasteiger partial charge in [-0.2, -0.15) is 0 Å². The number of anilines is 2. The second kappa shape index (κ2) is 8.50. The number of hydrogen-bond acceptors (Lipinski definition) is 7. The first-order valence-electron chi connectivity index (χ1n) is 9.55. The van der Waals surface area contributed by atoms with E-state index in [4.69, 9.17) is 4.74 Å². The van der Waals surface area contributed by atoms with Gasteiger partial charge in [0.05, 0.1) is 48.2 Å². The Morgan fingerprint density at radius 1 is 1.13 bits per heavy atom. The molecule has 4 rings (SSSR count). The van der Waals surface area contributed by atoms with Gasteiger partial charge in [0.2, 0.25) is 0 Å². The van der Waals surface area contributed by atoms with Crippen LogP contribution in [0.25, 0.3) is 0 Å². The van der Waals surface area contributed by atoms with Crippen molar-refractivity contribution in [1.82, 2.24) is 24.8 Å². The van der Waals surface area contributed by atoms with E-state index in [0.717, 1.165) is 11.9 Å². The number of ether oxygens (including phenoxy) is 1. The number of halogens is 1. The molecular formula is C21H21FN6O2. The summed E-state index contributed by atoms with van der Waals surface area (Å²) in [6.45, 7) is 4.92. The molecule has 1 atom stereocenters. The molecule has 0 spiro atoms. The van der Waals surface area contributed by atoms with Crippen molar-refractivity contribution in [1.29, 1.82) is 0 Å². The third-order valence-corrected chi connectivity index (χ3v) is 4.80. The molecule has 8 nitrogen and oxygen atoms in total. The van der Waals surface area contributed by atoms with E-state index in [9.17, 15) is 9.18 Å². The molecule has 1 amide bonds. The van der Waals surface area contributed by atoms with Crippen LogP contribution in [0.3, 0.4) is 0 Å². The lowest BCUT2D eigenvalue weighted by molar-refractivity contribution is -0.0247. The molecule has 0 aliphatic carbocycles. The minimum absolute atomic E-state index is 0.110. The summed E-state index contributed by atoms with van der Waals surface area (Å²) in [6.07, 6.45) is 4.05. The van der Waals surface area contributed by atoms with Gasteiger partial charge in [-0.1, -0.05) is 0 Å². The summed E-state index contributed by atoms with van der Waals surface area (Å²) in [6, 6.07) is 6.56. The summed E-state index contributed by atoms with van der Waals surface area (Å²) in [7, 11) is 0. The van der Waals surface area contributed by atoms with Crippen LogP contribution in [-0.2, 0) is 4.74 Å². The summed E-state index contributed by atoms with van der Waals surface area (Å²) in [5, 5.41) is 3.06. The number of nitrogens with one attached hydrogen (secondary N) is 1. The number of rotatable bonds is 4. The molecule has 4 heterocycles. The zero-order valence-electron chi connectivity index (χ0n) is 16.7. The van der Waals surface area contributed by atoms with Crippen molar-refractivity contribution in [2.75, 3.05) is 25.0 Å². The molecule has 3 aromatic rings. The first-order valence-corrected chi connectivity index (χ1v) is 9.55. The summed E-state index contributed by atoms with van der Waals surface area (Å²) < 4.78 is 18.8. The minimum atomic E-state index is -0.394. The normalized spacial score (nSPS) is 16.4. The molecule has 154 valence electrons. The van der Waals surface area contributed by atoms with Gasteiger partial charge in [0.15, 0.2) is 0 Å². The van der Waals surface area contributed by atoms with E-state index < -0.39 is 5.82 Å². The predicted octanol–water partition coefficient (Wildman–Crippen LogP) is 2.98. The average molecular weight is 408 g/mol. The Balaban J connectivity index is 1.44. The van der Waals surface area contributed by atoms with E-state index in [2.05, 4.69) is 25.3 Å². The fourth-order valence-electron chi connectivity index (χ4n) is 3.24. The molecule has 1 unspecified atom stereocenters. The van der Waals surface area contributed by atoms with Crippen LogP contribution in [0.5, 0.6) is 0 Å². The van der Waals surface area contributed by atoms with Gasteiger partial charge in [0.25, 0.3) is 5.91 Å². The van der Waals surface area contributed by atoms with Crippen molar-refractivity contribution >= 4 is 17.4 Å². The van der Waals surface area contributed by atoms with E-state index >= 15 is 0 Å². The molecule has 0 radical (unpaired) electrons. The van der Waals surface area contributed by atoms with E-state index in [1.807, 2.05) is 19.1 Å². The second-order valence-electron chi connectivity index (χ2n) is 6.99. The highest BCUT2D eigenvalue weighted by Crippen LogP contribution is 2.24. The van der Waals surface area contributed by atoms with E-state index in [1.54, 1.807) is 30.3 Å². The number of nitrogens with zero attached hydrogens (tertiary/aromatic N) is 5. The van der Waals surface area contributed by atoms with Crippen LogP contribution in [0, 0.1) is 19.7 Å². The fourth-order valence-corrected chi connectivity index (χ4v) is 3.24. The first-order chi connectivity index (χ1) is 14.5. The lowest BCUT2D eigenvalue weighted by Crippen LogP contribution is -2.42. The molecular weight excluding hydrogens is 387 g/mol. The van der Waals surface area contributed by atoms with Gasteiger partial charge in [-0.3, -0.25) is 9.78 Å². The van der Waals surface area contributed by atoms with Crippen LogP contribution < -0.4 is 5.32 Å². The highest BCUT2D eigenvalue weighted by atomic mass is 19.1. The number of morpholine rings is 1. The largest absolute Gasteiger partial charge is 0.368 e. The maximum Gasteiger partial charge on any atom is 0.257 e. The summed E-state index contributed by atoms with van der Waals surface area (Å²) in [4.78, 5) is 31.5. The van der Waals surface area contributed by atoms with Crippen molar-refractivity contribution in [2.24, 2.45) is 0 Å². The fraction of sp³-hybridized carbons (Fsp3) is 0.286. The summed E-state index contributed by atoms with van der Waals surface area (Å²) in [5.74, 6) is 0.654. The molecule has 0 aromatic carbocycles. The number of pyridine rings is 2.